The summed E-state index contributed by atoms with van der Waals surface area (Å²) in [5.74, 6) is -3.79. The lowest BCUT2D eigenvalue weighted by Gasteiger charge is -2.23. The molecule has 1 aromatic carbocycles. The lowest BCUT2D eigenvalue weighted by Crippen LogP contribution is -2.47. The largest absolute Gasteiger partial charge is 0.354 e. The topological polar surface area (TPSA) is 101 Å². The number of hydrogen-bond acceptors (Lipinski definition) is 4. The smallest absolute Gasteiger partial charge is 0.285 e. The molecule has 112 valence electrons. The first-order chi connectivity index (χ1) is 9.88. The Kier molecular flexibility index (Phi) is 4.10. The molecule has 2 rings (SSSR count). The number of hydrogen-bond donors (Lipinski definition) is 2. The molecule has 2 N–H and O–H groups in total. The zero-order valence-corrected chi connectivity index (χ0v) is 10.7. The van der Waals surface area contributed by atoms with E-state index in [1.165, 1.54) is 0 Å². The SMILES string of the molecule is O=C1CCC(NC(=O)c2cc(F)c(F)cc2[N+](=O)[O-])CN1. The van der Waals surface area contributed by atoms with E-state index in [1.54, 1.807) is 0 Å². The van der Waals surface area contributed by atoms with Crippen molar-refractivity contribution in [2.45, 2.75) is 18.9 Å². The molecule has 1 unspecified atom stereocenters. The standard InChI is InChI=1S/C12H11F2N3O4/c13-8-3-7(10(17(20)21)4-9(8)14)12(19)16-6-1-2-11(18)15-5-6/h3-4,6H,1-2,5H2,(H,15,18)(H,16,19). The first kappa shape index (κ1) is 14.8. The molecule has 0 spiro atoms. The van der Waals surface area contributed by atoms with Crippen molar-refractivity contribution in [3.05, 3.63) is 39.4 Å². The van der Waals surface area contributed by atoms with E-state index in [2.05, 4.69) is 10.6 Å². The first-order valence-electron chi connectivity index (χ1n) is 6.09. The molecule has 9 heteroatoms. The molecule has 1 atom stereocenters. The molecule has 1 aromatic rings. The molecule has 0 bridgehead atoms. The van der Waals surface area contributed by atoms with E-state index >= 15 is 0 Å². The first-order valence-corrected chi connectivity index (χ1v) is 6.09. The molecule has 21 heavy (non-hydrogen) atoms. The van der Waals surface area contributed by atoms with Crippen molar-refractivity contribution in [3.63, 3.8) is 0 Å². The Morgan fingerprint density at radius 3 is 2.62 bits per heavy atom. The van der Waals surface area contributed by atoms with Crippen LogP contribution in [0.4, 0.5) is 14.5 Å². The average Bonchev–Trinajstić information content (AvgIpc) is 2.43. The van der Waals surface area contributed by atoms with Crippen molar-refractivity contribution < 1.29 is 23.3 Å². The number of nitro benzene ring substituents is 1. The summed E-state index contributed by atoms with van der Waals surface area (Å²) in [6.07, 6.45) is 0.583. The van der Waals surface area contributed by atoms with Crippen molar-refractivity contribution >= 4 is 17.5 Å². The predicted octanol–water partition coefficient (Wildman–Crippen LogP) is 0.881. The minimum Gasteiger partial charge on any atom is -0.354 e. The third kappa shape index (κ3) is 3.30. The number of nitrogens with one attached hydrogen (secondary N) is 2. The van der Waals surface area contributed by atoms with Crippen LogP contribution in [-0.4, -0.2) is 29.3 Å². The minimum atomic E-state index is -1.40. The van der Waals surface area contributed by atoms with E-state index in [-0.39, 0.29) is 18.9 Å². The molecule has 0 radical (unpaired) electrons. The summed E-state index contributed by atoms with van der Waals surface area (Å²) in [5, 5.41) is 15.8. The van der Waals surface area contributed by atoms with Gasteiger partial charge in [0.15, 0.2) is 11.6 Å². The van der Waals surface area contributed by atoms with E-state index in [0.717, 1.165) is 0 Å². The van der Waals surface area contributed by atoms with Gasteiger partial charge in [-0.3, -0.25) is 19.7 Å². The van der Waals surface area contributed by atoms with Gasteiger partial charge in [-0.2, -0.15) is 0 Å². The van der Waals surface area contributed by atoms with Crippen molar-refractivity contribution in [3.8, 4) is 0 Å². The van der Waals surface area contributed by atoms with Crippen LogP contribution < -0.4 is 10.6 Å². The summed E-state index contributed by atoms with van der Waals surface area (Å²) < 4.78 is 26.2. The second-order valence-corrected chi connectivity index (χ2v) is 4.55. The molecule has 7 nitrogen and oxygen atoms in total. The van der Waals surface area contributed by atoms with Crippen molar-refractivity contribution in [2.75, 3.05) is 6.54 Å². The normalized spacial score (nSPS) is 18.0. The minimum absolute atomic E-state index is 0.153. The van der Waals surface area contributed by atoms with E-state index in [4.69, 9.17) is 0 Å². The van der Waals surface area contributed by atoms with Crippen LogP contribution in [0.5, 0.6) is 0 Å². The fraction of sp³-hybridized carbons (Fsp3) is 0.333. The lowest BCUT2D eigenvalue weighted by molar-refractivity contribution is -0.385. The Bertz CT molecular complexity index is 611. The van der Waals surface area contributed by atoms with Gasteiger partial charge in [0, 0.05) is 19.0 Å². The quantitative estimate of drug-likeness (QED) is 0.639. The van der Waals surface area contributed by atoms with Crippen LogP contribution in [0.3, 0.4) is 0 Å². The zero-order chi connectivity index (χ0) is 15.6. The zero-order valence-electron chi connectivity index (χ0n) is 10.7. The van der Waals surface area contributed by atoms with Crippen LogP contribution in [0.1, 0.15) is 23.2 Å². The van der Waals surface area contributed by atoms with Crippen molar-refractivity contribution in [1.82, 2.24) is 10.6 Å². The molecule has 0 saturated carbocycles. The fourth-order valence-electron chi connectivity index (χ4n) is 1.99. The highest BCUT2D eigenvalue weighted by Crippen LogP contribution is 2.22. The molecule has 1 aliphatic rings. The predicted molar refractivity (Wildman–Crippen MR) is 66.5 cm³/mol. The molecule has 2 amide bonds. The fourth-order valence-corrected chi connectivity index (χ4v) is 1.99. The molecule has 1 aliphatic heterocycles. The number of amides is 2. The van der Waals surface area contributed by atoms with Gasteiger partial charge in [0.05, 0.1) is 11.0 Å². The monoisotopic (exact) mass is 299 g/mol. The van der Waals surface area contributed by atoms with E-state index in [9.17, 15) is 28.5 Å². The van der Waals surface area contributed by atoms with Gasteiger partial charge in [-0.05, 0) is 12.5 Å². The number of nitrogens with zero attached hydrogens (tertiary/aromatic N) is 1. The van der Waals surface area contributed by atoms with Crippen molar-refractivity contribution in [2.24, 2.45) is 0 Å². The van der Waals surface area contributed by atoms with E-state index in [0.29, 0.717) is 18.6 Å². The van der Waals surface area contributed by atoms with Crippen LogP contribution in [0, 0.1) is 21.7 Å². The van der Waals surface area contributed by atoms with Crippen LogP contribution >= 0.6 is 0 Å². The molecular formula is C12H11F2N3O4. The molecule has 1 fully saturated rings. The second kappa shape index (κ2) is 5.81. The number of nitro groups is 1. The van der Waals surface area contributed by atoms with Gasteiger partial charge in [-0.1, -0.05) is 0 Å². The highest BCUT2D eigenvalue weighted by molar-refractivity contribution is 5.98. The molecule has 0 aromatic heterocycles. The number of benzene rings is 1. The maximum atomic E-state index is 13.2. The van der Waals surface area contributed by atoms with Crippen LogP contribution in [-0.2, 0) is 4.79 Å². The molecule has 0 aliphatic carbocycles. The Morgan fingerprint density at radius 1 is 1.38 bits per heavy atom. The van der Waals surface area contributed by atoms with E-state index < -0.39 is 39.8 Å². The van der Waals surface area contributed by atoms with Gasteiger partial charge in [0.25, 0.3) is 11.6 Å². The van der Waals surface area contributed by atoms with Gasteiger partial charge in [-0.25, -0.2) is 8.78 Å². The third-order valence-electron chi connectivity index (χ3n) is 3.08. The Morgan fingerprint density at radius 2 is 2.05 bits per heavy atom. The third-order valence-corrected chi connectivity index (χ3v) is 3.08. The number of halogens is 2. The number of rotatable bonds is 3. The maximum absolute atomic E-state index is 13.2. The lowest BCUT2D eigenvalue weighted by atomic mass is 10.1. The summed E-state index contributed by atoms with van der Waals surface area (Å²) in [4.78, 5) is 32.8. The average molecular weight is 299 g/mol. The van der Waals surface area contributed by atoms with Gasteiger partial charge >= 0.3 is 0 Å². The summed E-state index contributed by atoms with van der Waals surface area (Å²) in [7, 11) is 0. The Hall–Kier alpha value is -2.58. The van der Waals surface area contributed by atoms with Crippen molar-refractivity contribution in [1.29, 1.82) is 0 Å². The Labute approximate surface area is 117 Å². The Balaban J connectivity index is 2.20. The number of carbonyl (C=O) groups is 2. The molecule has 1 saturated heterocycles. The van der Waals surface area contributed by atoms with Crippen LogP contribution in [0.2, 0.25) is 0 Å². The van der Waals surface area contributed by atoms with Gasteiger partial charge in [-0.15, -0.1) is 0 Å². The highest BCUT2D eigenvalue weighted by Gasteiger charge is 2.26. The molecular weight excluding hydrogens is 288 g/mol. The summed E-state index contributed by atoms with van der Waals surface area (Å²) in [6, 6.07) is 0.444. The number of carbonyl (C=O) groups excluding carboxylic acids is 2. The number of piperidine rings is 1. The van der Waals surface area contributed by atoms with Gasteiger partial charge in [0.1, 0.15) is 5.56 Å². The summed E-state index contributed by atoms with van der Waals surface area (Å²) in [5.41, 5.74) is -1.37. The second-order valence-electron chi connectivity index (χ2n) is 4.55. The van der Waals surface area contributed by atoms with Gasteiger partial charge in [0.2, 0.25) is 5.91 Å². The van der Waals surface area contributed by atoms with Crippen LogP contribution in [0.25, 0.3) is 0 Å². The summed E-state index contributed by atoms with van der Waals surface area (Å²) >= 11 is 0. The van der Waals surface area contributed by atoms with E-state index in [1.807, 2.05) is 0 Å². The summed E-state index contributed by atoms with van der Waals surface area (Å²) in [6.45, 7) is 0.183. The molecule has 1 heterocycles. The van der Waals surface area contributed by atoms with Gasteiger partial charge < -0.3 is 10.6 Å². The maximum Gasteiger partial charge on any atom is 0.285 e. The van der Waals surface area contributed by atoms with Crippen LogP contribution in [0.15, 0.2) is 12.1 Å². The highest BCUT2D eigenvalue weighted by atomic mass is 19.2.